The summed E-state index contributed by atoms with van der Waals surface area (Å²) in [5.74, 6) is 1.41. The highest BCUT2D eigenvalue weighted by molar-refractivity contribution is 8.01. The van der Waals surface area contributed by atoms with E-state index in [1.807, 2.05) is 24.6 Å². The molecule has 0 amide bonds. The maximum atomic E-state index is 11.5. The van der Waals surface area contributed by atoms with Crippen molar-refractivity contribution in [2.24, 2.45) is 0 Å². The van der Waals surface area contributed by atoms with E-state index in [-0.39, 0.29) is 5.75 Å². The molecule has 0 saturated heterocycles. The normalized spacial score (nSPS) is 12.4. The number of aromatic hydroxyl groups is 1. The lowest BCUT2D eigenvalue weighted by atomic mass is 10.1. The van der Waals surface area contributed by atoms with E-state index in [1.165, 1.54) is 7.11 Å². The molecule has 3 nitrogen and oxygen atoms in total. The van der Waals surface area contributed by atoms with Gasteiger partial charge >= 0.3 is 0 Å². The lowest BCUT2D eigenvalue weighted by molar-refractivity contribution is 0.373. The summed E-state index contributed by atoms with van der Waals surface area (Å²) in [5, 5.41) is 9.42. The average Bonchev–Trinajstić information content (AvgIpc) is 2.18. The molecular formula is C12H20O3S. The summed E-state index contributed by atoms with van der Waals surface area (Å²) >= 11 is 0. The van der Waals surface area contributed by atoms with Gasteiger partial charge in [-0.25, -0.2) is 0 Å². The highest BCUT2D eigenvalue weighted by atomic mass is 32.2. The van der Waals surface area contributed by atoms with Crippen LogP contribution in [0.15, 0.2) is 18.2 Å². The van der Waals surface area contributed by atoms with Gasteiger partial charge in [0.2, 0.25) is 0 Å². The zero-order valence-electron chi connectivity index (χ0n) is 10.1. The van der Waals surface area contributed by atoms with Gasteiger partial charge in [0.05, 0.1) is 7.11 Å². The third-order valence-electron chi connectivity index (χ3n) is 2.41. The lowest BCUT2D eigenvalue weighted by Gasteiger charge is -2.11. The predicted molar refractivity (Wildman–Crippen MR) is 69.2 cm³/mol. The van der Waals surface area contributed by atoms with Crippen molar-refractivity contribution < 1.29 is 14.1 Å². The molecule has 4 heteroatoms. The topological polar surface area (TPSA) is 46.5 Å². The van der Waals surface area contributed by atoms with Gasteiger partial charge in [-0.05, 0) is 43.0 Å². The Bertz CT molecular complexity index is 395. The molecule has 0 aliphatic carbocycles. The number of thiol groups is 1. The van der Waals surface area contributed by atoms with Crippen LogP contribution in [0.4, 0.5) is 0 Å². The SMILES string of the molecule is COc1cc(CCC[SH](C)(C)=O)ccc1O. The van der Waals surface area contributed by atoms with Gasteiger partial charge in [0, 0.05) is 5.75 Å². The average molecular weight is 244 g/mol. The van der Waals surface area contributed by atoms with Crippen LogP contribution < -0.4 is 4.74 Å². The molecule has 0 bridgehead atoms. The first kappa shape index (κ1) is 13.0. The Hall–Kier alpha value is -1.03. The largest absolute Gasteiger partial charge is 0.504 e. The Morgan fingerprint density at radius 1 is 1.38 bits per heavy atom. The highest BCUT2D eigenvalue weighted by Gasteiger charge is 2.04. The van der Waals surface area contributed by atoms with E-state index in [1.54, 1.807) is 6.07 Å². The molecule has 0 aliphatic rings. The number of methoxy groups -OCH3 is 1. The molecule has 0 fully saturated rings. The van der Waals surface area contributed by atoms with E-state index in [4.69, 9.17) is 4.74 Å². The molecule has 0 atom stereocenters. The molecule has 0 radical (unpaired) electrons. The minimum Gasteiger partial charge on any atom is -0.504 e. The van der Waals surface area contributed by atoms with Crippen LogP contribution in [0.5, 0.6) is 11.5 Å². The number of benzene rings is 1. The van der Waals surface area contributed by atoms with Gasteiger partial charge in [-0.1, -0.05) is 6.07 Å². The zero-order valence-corrected chi connectivity index (χ0v) is 11.0. The monoisotopic (exact) mass is 244 g/mol. The molecule has 1 aromatic rings. The summed E-state index contributed by atoms with van der Waals surface area (Å²) in [7, 11) is -0.379. The van der Waals surface area contributed by atoms with E-state index >= 15 is 0 Å². The summed E-state index contributed by atoms with van der Waals surface area (Å²) in [5.41, 5.74) is 1.10. The second-order valence-corrected chi connectivity index (χ2v) is 8.00. The summed E-state index contributed by atoms with van der Waals surface area (Å²) in [4.78, 5) is 0. The third kappa shape index (κ3) is 4.23. The second-order valence-electron chi connectivity index (χ2n) is 4.41. The van der Waals surface area contributed by atoms with Crippen molar-refractivity contribution in [2.45, 2.75) is 12.8 Å². The number of hydrogen-bond donors (Lipinski definition) is 2. The number of hydrogen-bond acceptors (Lipinski definition) is 3. The maximum absolute atomic E-state index is 11.5. The number of phenols is 1. The first-order valence-electron chi connectivity index (χ1n) is 5.32. The minimum atomic E-state index is -1.91. The van der Waals surface area contributed by atoms with Crippen LogP contribution in [0.3, 0.4) is 0 Å². The molecular weight excluding hydrogens is 224 g/mol. The fourth-order valence-corrected chi connectivity index (χ4v) is 2.46. The van der Waals surface area contributed by atoms with Crippen molar-refractivity contribution in [1.29, 1.82) is 0 Å². The Kier molecular flexibility index (Phi) is 4.35. The van der Waals surface area contributed by atoms with Gasteiger partial charge in [0.15, 0.2) is 11.5 Å². The van der Waals surface area contributed by atoms with Crippen molar-refractivity contribution in [1.82, 2.24) is 0 Å². The summed E-state index contributed by atoms with van der Waals surface area (Å²) in [6, 6.07) is 5.32. The fraction of sp³-hybridized carbons (Fsp3) is 0.500. The molecule has 1 N–H and O–H groups in total. The molecule has 92 valence electrons. The quantitative estimate of drug-likeness (QED) is 0.774. The fourth-order valence-electron chi connectivity index (χ4n) is 1.54. The van der Waals surface area contributed by atoms with Crippen LogP contribution >= 0.6 is 0 Å². The smallest absolute Gasteiger partial charge is 0.160 e. The predicted octanol–water partition coefficient (Wildman–Crippen LogP) is 1.61. The molecule has 0 aliphatic heterocycles. The molecule has 1 aromatic carbocycles. The second kappa shape index (κ2) is 5.34. The van der Waals surface area contributed by atoms with E-state index in [9.17, 15) is 9.32 Å². The van der Waals surface area contributed by atoms with E-state index < -0.39 is 9.93 Å². The van der Waals surface area contributed by atoms with Gasteiger partial charge in [0.1, 0.15) is 0 Å². The van der Waals surface area contributed by atoms with Gasteiger partial charge in [0.25, 0.3) is 0 Å². The van der Waals surface area contributed by atoms with Gasteiger partial charge in [-0.3, -0.25) is 4.21 Å². The van der Waals surface area contributed by atoms with Crippen LogP contribution in [0.25, 0.3) is 0 Å². The number of aryl methyl sites for hydroxylation is 1. The van der Waals surface area contributed by atoms with Crippen molar-refractivity contribution in [3.05, 3.63) is 23.8 Å². The minimum absolute atomic E-state index is 0.155. The van der Waals surface area contributed by atoms with Crippen molar-refractivity contribution in [3.8, 4) is 11.5 Å². The van der Waals surface area contributed by atoms with E-state index in [2.05, 4.69) is 0 Å². The van der Waals surface area contributed by atoms with Crippen LogP contribution in [-0.2, 0) is 16.4 Å². The Morgan fingerprint density at radius 2 is 2.06 bits per heavy atom. The molecule has 16 heavy (non-hydrogen) atoms. The van der Waals surface area contributed by atoms with Crippen LogP contribution in [0, 0.1) is 0 Å². The summed E-state index contributed by atoms with van der Waals surface area (Å²) in [6.45, 7) is 0. The molecule has 0 spiro atoms. The van der Waals surface area contributed by atoms with Gasteiger partial charge < -0.3 is 9.84 Å². The zero-order chi connectivity index (χ0) is 12.2. The Labute approximate surface area is 97.9 Å². The van der Waals surface area contributed by atoms with Crippen molar-refractivity contribution in [3.63, 3.8) is 0 Å². The van der Waals surface area contributed by atoms with E-state index in [0.717, 1.165) is 24.2 Å². The first-order valence-corrected chi connectivity index (χ1v) is 8.11. The molecule has 0 aromatic heterocycles. The van der Waals surface area contributed by atoms with Crippen LogP contribution in [0.1, 0.15) is 12.0 Å². The Balaban J connectivity index is 2.58. The highest BCUT2D eigenvalue weighted by Crippen LogP contribution is 2.26. The van der Waals surface area contributed by atoms with E-state index in [0.29, 0.717) is 5.75 Å². The number of rotatable bonds is 5. The van der Waals surface area contributed by atoms with Crippen molar-refractivity contribution >= 4 is 9.93 Å². The standard InChI is InChI=1S/C12H20O3S/c1-15-12-9-10(6-7-11(12)13)5-4-8-16(2,3)14/h6-7,9,13,16H,4-5,8H2,1-3H3. The van der Waals surface area contributed by atoms with Gasteiger partial charge in [-0.15, -0.1) is 9.93 Å². The molecule has 0 saturated carbocycles. The van der Waals surface area contributed by atoms with Crippen molar-refractivity contribution in [2.75, 3.05) is 25.4 Å². The lowest BCUT2D eigenvalue weighted by Crippen LogP contribution is -2.12. The number of ether oxygens (including phenoxy) is 1. The summed E-state index contributed by atoms with van der Waals surface area (Å²) < 4.78 is 16.5. The van der Waals surface area contributed by atoms with Crippen LogP contribution in [-0.4, -0.2) is 34.7 Å². The van der Waals surface area contributed by atoms with Gasteiger partial charge in [-0.2, -0.15) is 0 Å². The first-order chi connectivity index (χ1) is 7.42. The molecule has 0 heterocycles. The summed E-state index contributed by atoms with van der Waals surface area (Å²) in [6.07, 6.45) is 5.38. The number of phenolic OH excluding ortho intramolecular Hbond substituents is 1. The maximum Gasteiger partial charge on any atom is 0.160 e. The molecule has 0 unspecified atom stereocenters. The molecule has 1 rings (SSSR count). The third-order valence-corrected chi connectivity index (χ3v) is 3.80. The Morgan fingerprint density at radius 3 is 2.62 bits per heavy atom. The van der Waals surface area contributed by atoms with Crippen LogP contribution in [0.2, 0.25) is 0 Å².